The third kappa shape index (κ3) is 0.586. The molecule has 0 atom stereocenters. The standard InChI is InChI=1S/C6H5N3O/c10-6-4-1-2-7-5(4)8-3-9-6/h2-3H,1H2,(H,8,9,10). The highest BCUT2D eigenvalue weighted by atomic mass is 16.1. The summed E-state index contributed by atoms with van der Waals surface area (Å²) in [7, 11) is 0. The molecule has 2 rings (SSSR count). The van der Waals surface area contributed by atoms with Crippen LogP contribution < -0.4 is 5.56 Å². The first-order valence-corrected chi connectivity index (χ1v) is 2.97. The third-order valence-electron chi connectivity index (χ3n) is 1.44. The molecule has 1 aromatic rings. The molecule has 0 aliphatic carbocycles. The van der Waals surface area contributed by atoms with E-state index in [4.69, 9.17) is 0 Å². The Balaban J connectivity index is 2.77. The van der Waals surface area contributed by atoms with E-state index < -0.39 is 0 Å². The second kappa shape index (κ2) is 1.76. The molecular weight excluding hydrogens is 130 g/mol. The molecule has 0 fully saturated rings. The molecule has 2 heterocycles. The molecule has 0 spiro atoms. The van der Waals surface area contributed by atoms with Gasteiger partial charge in [-0.1, -0.05) is 0 Å². The van der Waals surface area contributed by atoms with Gasteiger partial charge in [-0.25, -0.2) is 9.98 Å². The van der Waals surface area contributed by atoms with E-state index in [0.717, 1.165) is 0 Å². The van der Waals surface area contributed by atoms with Gasteiger partial charge in [-0.2, -0.15) is 0 Å². The van der Waals surface area contributed by atoms with Gasteiger partial charge < -0.3 is 4.98 Å². The number of hydrogen-bond donors (Lipinski definition) is 1. The first kappa shape index (κ1) is 5.34. The fraction of sp³-hybridized carbons (Fsp3) is 0.167. The number of hydrogen-bond acceptors (Lipinski definition) is 3. The summed E-state index contributed by atoms with van der Waals surface area (Å²) in [6, 6.07) is 0. The predicted octanol–water partition coefficient (Wildman–Crippen LogP) is 0.0283. The van der Waals surface area contributed by atoms with Gasteiger partial charge >= 0.3 is 0 Å². The molecule has 0 unspecified atom stereocenters. The quantitative estimate of drug-likeness (QED) is 0.545. The van der Waals surface area contributed by atoms with E-state index in [9.17, 15) is 4.79 Å². The van der Waals surface area contributed by atoms with E-state index in [1.807, 2.05) is 0 Å². The third-order valence-corrected chi connectivity index (χ3v) is 1.44. The van der Waals surface area contributed by atoms with Crippen LogP contribution in [-0.2, 0) is 6.42 Å². The zero-order valence-electron chi connectivity index (χ0n) is 5.16. The van der Waals surface area contributed by atoms with Crippen molar-refractivity contribution in [2.24, 2.45) is 4.99 Å². The zero-order valence-corrected chi connectivity index (χ0v) is 5.16. The Morgan fingerprint density at radius 2 is 2.50 bits per heavy atom. The summed E-state index contributed by atoms with van der Waals surface area (Å²) in [5.74, 6) is 0.559. The van der Waals surface area contributed by atoms with Crippen molar-refractivity contribution in [3.05, 3.63) is 22.2 Å². The average molecular weight is 135 g/mol. The molecule has 10 heavy (non-hydrogen) atoms. The predicted molar refractivity (Wildman–Crippen MR) is 36.7 cm³/mol. The van der Waals surface area contributed by atoms with Crippen molar-refractivity contribution in [1.29, 1.82) is 0 Å². The van der Waals surface area contributed by atoms with Crippen molar-refractivity contribution < 1.29 is 0 Å². The van der Waals surface area contributed by atoms with Crippen molar-refractivity contribution in [3.8, 4) is 0 Å². The maximum absolute atomic E-state index is 10.9. The molecule has 1 N–H and O–H groups in total. The minimum absolute atomic E-state index is 0.0810. The first-order valence-electron chi connectivity index (χ1n) is 2.97. The van der Waals surface area contributed by atoms with Crippen LogP contribution in [0.1, 0.15) is 5.56 Å². The molecule has 0 bridgehead atoms. The topological polar surface area (TPSA) is 58.1 Å². The molecule has 0 saturated heterocycles. The number of aromatic nitrogens is 2. The van der Waals surface area contributed by atoms with Crippen LogP contribution >= 0.6 is 0 Å². The number of aromatic amines is 1. The molecule has 4 heteroatoms. The van der Waals surface area contributed by atoms with Gasteiger partial charge in [0.2, 0.25) is 0 Å². The van der Waals surface area contributed by atoms with Crippen LogP contribution in [0, 0.1) is 0 Å². The van der Waals surface area contributed by atoms with Crippen LogP contribution in [0.4, 0.5) is 5.82 Å². The Bertz CT molecular complexity index is 339. The van der Waals surface area contributed by atoms with Crippen molar-refractivity contribution in [2.75, 3.05) is 0 Å². The minimum atomic E-state index is -0.0810. The Kier molecular flexibility index (Phi) is 0.943. The van der Waals surface area contributed by atoms with Crippen LogP contribution in [0.2, 0.25) is 0 Å². The van der Waals surface area contributed by atoms with E-state index in [1.54, 1.807) is 6.21 Å². The summed E-state index contributed by atoms with van der Waals surface area (Å²) >= 11 is 0. The van der Waals surface area contributed by atoms with Crippen molar-refractivity contribution in [2.45, 2.75) is 6.42 Å². The van der Waals surface area contributed by atoms with Gasteiger partial charge in [0.25, 0.3) is 5.56 Å². The lowest BCUT2D eigenvalue weighted by Gasteiger charge is -1.90. The number of nitrogens with zero attached hydrogens (tertiary/aromatic N) is 2. The highest BCUT2D eigenvalue weighted by Crippen LogP contribution is 2.14. The molecule has 1 aliphatic heterocycles. The molecule has 0 aromatic carbocycles. The molecular formula is C6H5N3O. The summed E-state index contributed by atoms with van der Waals surface area (Å²) in [6.07, 6.45) is 3.66. The van der Waals surface area contributed by atoms with Gasteiger partial charge in [0.1, 0.15) is 0 Å². The van der Waals surface area contributed by atoms with Crippen LogP contribution in [0.25, 0.3) is 0 Å². The van der Waals surface area contributed by atoms with Crippen LogP contribution in [0.3, 0.4) is 0 Å². The van der Waals surface area contributed by atoms with Crippen molar-refractivity contribution in [3.63, 3.8) is 0 Å². The second-order valence-corrected chi connectivity index (χ2v) is 2.05. The molecule has 0 amide bonds. The summed E-state index contributed by atoms with van der Waals surface area (Å²) < 4.78 is 0. The first-order chi connectivity index (χ1) is 4.88. The lowest BCUT2D eigenvalue weighted by Crippen LogP contribution is -2.10. The number of H-pyrrole nitrogens is 1. The highest BCUT2D eigenvalue weighted by molar-refractivity contribution is 5.72. The Morgan fingerprint density at radius 3 is 3.30 bits per heavy atom. The fourth-order valence-corrected chi connectivity index (χ4v) is 0.937. The summed E-state index contributed by atoms with van der Waals surface area (Å²) in [5.41, 5.74) is 0.588. The molecule has 0 radical (unpaired) electrons. The van der Waals surface area contributed by atoms with Crippen molar-refractivity contribution in [1.82, 2.24) is 9.97 Å². The maximum Gasteiger partial charge on any atom is 0.256 e. The number of rotatable bonds is 0. The normalized spacial score (nSPS) is 13.6. The van der Waals surface area contributed by atoms with Crippen LogP contribution in [-0.4, -0.2) is 16.2 Å². The Labute approximate surface area is 56.7 Å². The molecule has 1 aromatic heterocycles. The van der Waals surface area contributed by atoms with Crippen molar-refractivity contribution >= 4 is 12.0 Å². The second-order valence-electron chi connectivity index (χ2n) is 2.05. The smallest absolute Gasteiger partial charge is 0.256 e. The largest absolute Gasteiger partial charge is 0.313 e. The Hall–Kier alpha value is -1.45. The lowest BCUT2D eigenvalue weighted by atomic mass is 10.3. The molecule has 50 valence electrons. The minimum Gasteiger partial charge on any atom is -0.313 e. The summed E-state index contributed by atoms with van der Waals surface area (Å²) in [6.45, 7) is 0. The van der Waals surface area contributed by atoms with E-state index >= 15 is 0 Å². The monoisotopic (exact) mass is 135 g/mol. The van der Waals surface area contributed by atoms with Gasteiger partial charge in [-0.3, -0.25) is 4.79 Å². The summed E-state index contributed by atoms with van der Waals surface area (Å²) in [5, 5.41) is 0. The van der Waals surface area contributed by atoms with E-state index in [-0.39, 0.29) is 5.56 Å². The fourth-order valence-electron chi connectivity index (χ4n) is 0.937. The van der Waals surface area contributed by atoms with Gasteiger partial charge in [0.05, 0.1) is 11.9 Å². The average Bonchev–Trinajstić information content (AvgIpc) is 2.36. The number of aliphatic imine (C=N–C) groups is 1. The van der Waals surface area contributed by atoms with E-state index in [1.165, 1.54) is 6.33 Å². The SMILES string of the molecule is O=c1[nH]cnc2c1CC=N2. The van der Waals surface area contributed by atoms with E-state index in [2.05, 4.69) is 15.0 Å². The maximum atomic E-state index is 10.9. The van der Waals surface area contributed by atoms with E-state index in [0.29, 0.717) is 17.8 Å². The van der Waals surface area contributed by atoms with Crippen LogP contribution in [0.5, 0.6) is 0 Å². The molecule has 0 saturated carbocycles. The van der Waals surface area contributed by atoms with Gasteiger partial charge in [-0.05, 0) is 0 Å². The lowest BCUT2D eigenvalue weighted by molar-refractivity contribution is 1.07. The number of fused-ring (bicyclic) bond motifs is 1. The van der Waals surface area contributed by atoms with Gasteiger partial charge in [0.15, 0.2) is 5.82 Å². The summed E-state index contributed by atoms with van der Waals surface area (Å²) in [4.78, 5) is 21.2. The highest BCUT2D eigenvalue weighted by Gasteiger charge is 2.09. The van der Waals surface area contributed by atoms with Gasteiger partial charge in [-0.15, -0.1) is 0 Å². The number of nitrogens with one attached hydrogen (secondary N) is 1. The Morgan fingerprint density at radius 1 is 1.60 bits per heavy atom. The zero-order chi connectivity index (χ0) is 6.97. The van der Waals surface area contributed by atoms with Gasteiger partial charge in [0, 0.05) is 12.6 Å². The molecule has 1 aliphatic rings. The van der Waals surface area contributed by atoms with Crippen LogP contribution in [0.15, 0.2) is 16.1 Å². The molecule has 4 nitrogen and oxygen atoms in total.